The molecule has 7 rings (SSSR count). The van der Waals surface area contributed by atoms with Gasteiger partial charge in [-0.1, -0.05) is 54.6 Å². The highest BCUT2D eigenvalue weighted by Gasteiger charge is 2.57. The molecule has 4 saturated carbocycles. The predicted molar refractivity (Wildman–Crippen MR) is 129 cm³/mol. The minimum atomic E-state index is -0.926. The van der Waals surface area contributed by atoms with Crippen molar-refractivity contribution >= 4 is 16.9 Å². The van der Waals surface area contributed by atoms with Gasteiger partial charge in [0, 0.05) is 11.4 Å². The van der Waals surface area contributed by atoms with E-state index in [4.69, 9.17) is 0 Å². The Kier molecular flexibility index (Phi) is 6.07. The Bertz CT molecular complexity index is 976. The number of carboxylic acids is 1. The third-order valence-electron chi connectivity index (χ3n) is 7.40. The van der Waals surface area contributed by atoms with Crippen molar-refractivity contribution in [2.24, 2.45) is 17.3 Å². The summed E-state index contributed by atoms with van der Waals surface area (Å²) in [5.74, 6) is -0.0664. The van der Waals surface area contributed by atoms with Crippen LogP contribution in [-0.4, -0.2) is 16.7 Å². The van der Waals surface area contributed by atoms with Crippen molar-refractivity contribution in [1.82, 2.24) is 0 Å². The molecule has 0 spiro atoms. The van der Waals surface area contributed by atoms with Crippen LogP contribution < -0.4 is 5.11 Å². The Labute approximate surface area is 198 Å². The second-order valence-electron chi connectivity index (χ2n) is 10.00. The maximum absolute atomic E-state index is 11.2. The van der Waals surface area contributed by atoms with E-state index in [1.165, 1.54) is 14.7 Å². The molecule has 170 valence electrons. The normalized spacial score (nSPS) is 29.4. The summed E-state index contributed by atoms with van der Waals surface area (Å²) >= 11 is 0. The number of carboxylic acid groups (broad SMARTS) is 1. The van der Waals surface area contributed by atoms with Gasteiger partial charge in [-0.15, -0.1) is 0 Å². The van der Waals surface area contributed by atoms with Gasteiger partial charge in [0.15, 0.2) is 14.7 Å². The van der Waals surface area contributed by atoms with E-state index in [2.05, 4.69) is 91.0 Å². The van der Waals surface area contributed by atoms with Crippen LogP contribution in [0.25, 0.3) is 0 Å². The van der Waals surface area contributed by atoms with E-state index >= 15 is 0 Å². The minimum absolute atomic E-state index is 0.0146. The van der Waals surface area contributed by atoms with Crippen molar-refractivity contribution in [3.8, 4) is 0 Å². The van der Waals surface area contributed by atoms with Crippen LogP contribution in [0.15, 0.2) is 106 Å². The summed E-state index contributed by atoms with van der Waals surface area (Å²) in [6, 6.07) is 32.2. The molecular weight excluding hydrogens is 428 g/mol. The maximum atomic E-state index is 11.2. The highest BCUT2D eigenvalue weighted by molar-refractivity contribution is 7.97. The fourth-order valence-corrected chi connectivity index (χ4v) is 8.64. The summed E-state index contributed by atoms with van der Waals surface area (Å²) in [6.45, 7) is 0. The number of benzene rings is 3. The zero-order chi connectivity index (χ0) is 22.9. The summed E-state index contributed by atoms with van der Waals surface area (Å²) < 4.78 is 0. The van der Waals surface area contributed by atoms with E-state index in [1.807, 2.05) is 0 Å². The first-order valence-corrected chi connectivity index (χ1v) is 13.0. The molecule has 4 heteroatoms. The van der Waals surface area contributed by atoms with Crippen molar-refractivity contribution in [3.63, 3.8) is 0 Å². The summed E-state index contributed by atoms with van der Waals surface area (Å²) in [4.78, 5) is 15.3. The molecule has 0 saturated heterocycles. The molecule has 4 fully saturated rings. The van der Waals surface area contributed by atoms with Crippen molar-refractivity contribution in [3.05, 3.63) is 91.0 Å². The summed E-state index contributed by atoms with van der Waals surface area (Å²) in [5, 5.41) is 21.4. The number of carbonyl (C=O) groups excluding carboxylic acids is 1. The van der Waals surface area contributed by atoms with Crippen LogP contribution in [0.3, 0.4) is 0 Å². The zero-order valence-electron chi connectivity index (χ0n) is 18.7. The molecule has 2 atom stereocenters. The smallest absolute Gasteiger partial charge is 0.166 e. The van der Waals surface area contributed by atoms with E-state index in [0.29, 0.717) is 18.3 Å². The summed E-state index contributed by atoms with van der Waals surface area (Å²) in [6.07, 6.45) is 4.69. The van der Waals surface area contributed by atoms with Gasteiger partial charge >= 0.3 is 0 Å². The Morgan fingerprint density at radius 3 is 1.45 bits per heavy atom. The van der Waals surface area contributed by atoms with Crippen molar-refractivity contribution < 1.29 is 15.0 Å². The lowest BCUT2D eigenvalue weighted by Gasteiger charge is -2.60. The monoisotopic (exact) mass is 458 g/mol. The van der Waals surface area contributed by atoms with Crippen LogP contribution >= 0.6 is 0 Å². The summed E-state index contributed by atoms with van der Waals surface area (Å²) in [7, 11) is -0.0146. The molecule has 4 aliphatic rings. The van der Waals surface area contributed by atoms with Gasteiger partial charge in [0.25, 0.3) is 0 Å². The molecule has 3 aromatic carbocycles. The van der Waals surface area contributed by atoms with E-state index in [9.17, 15) is 15.0 Å². The second kappa shape index (κ2) is 9.00. The first-order valence-electron chi connectivity index (χ1n) is 11.8. The SMILES string of the molecule is O=C([O-])C12CC3CC(CC(O)(C3)C1)C2.c1ccc([S+](c2ccccc2)c2ccccc2)cc1. The van der Waals surface area contributed by atoms with Crippen molar-refractivity contribution in [1.29, 1.82) is 0 Å². The molecule has 0 aromatic heterocycles. The molecule has 3 nitrogen and oxygen atoms in total. The molecule has 0 aliphatic heterocycles. The van der Waals surface area contributed by atoms with Gasteiger partial charge < -0.3 is 15.0 Å². The molecule has 4 bridgehead atoms. The lowest BCUT2D eigenvalue weighted by molar-refractivity contribution is -0.331. The van der Waals surface area contributed by atoms with Crippen LogP contribution in [0, 0.1) is 17.3 Å². The van der Waals surface area contributed by atoms with E-state index in [-0.39, 0.29) is 10.9 Å². The van der Waals surface area contributed by atoms with Crippen molar-refractivity contribution in [2.45, 2.75) is 58.8 Å². The van der Waals surface area contributed by atoms with Crippen LogP contribution in [0.4, 0.5) is 0 Å². The number of aliphatic carboxylic acids is 1. The van der Waals surface area contributed by atoms with E-state index in [0.717, 1.165) is 32.1 Å². The van der Waals surface area contributed by atoms with Gasteiger partial charge in [0.2, 0.25) is 0 Å². The van der Waals surface area contributed by atoms with Crippen LogP contribution in [0.1, 0.15) is 38.5 Å². The van der Waals surface area contributed by atoms with E-state index in [1.54, 1.807) is 0 Å². The average Bonchev–Trinajstić information content (AvgIpc) is 2.80. The van der Waals surface area contributed by atoms with Gasteiger partial charge in [0.1, 0.15) is 0 Å². The molecule has 0 radical (unpaired) electrons. The maximum Gasteiger partial charge on any atom is 0.166 e. The van der Waals surface area contributed by atoms with Gasteiger partial charge in [0.05, 0.1) is 16.5 Å². The lowest BCUT2D eigenvalue weighted by Crippen LogP contribution is -2.60. The topological polar surface area (TPSA) is 60.4 Å². The average molecular weight is 459 g/mol. The van der Waals surface area contributed by atoms with Gasteiger partial charge in [-0.2, -0.15) is 0 Å². The molecule has 3 aromatic rings. The van der Waals surface area contributed by atoms with Crippen LogP contribution in [0.5, 0.6) is 0 Å². The third-order valence-corrected chi connectivity index (χ3v) is 9.63. The molecule has 0 amide bonds. The molecular formula is C29H30O3S. The van der Waals surface area contributed by atoms with Crippen molar-refractivity contribution in [2.75, 3.05) is 0 Å². The van der Waals surface area contributed by atoms with Gasteiger partial charge in [-0.05, 0) is 86.8 Å². The third kappa shape index (κ3) is 4.60. The fraction of sp³-hybridized carbons (Fsp3) is 0.345. The largest absolute Gasteiger partial charge is 0.550 e. The molecule has 1 N–H and O–H groups in total. The molecule has 33 heavy (non-hydrogen) atoms. The Balaban J connectivity index is 0.000000144. The number of carbonyl (C=O) groups is 1. The minimum Gasteiger partial charge on any atom is -0.550 e. The van der Waals surface area contributed by atoms with E-state index < -0.39 is 17.0 Å². The number of rotatable bonds is 4. The first kappa shape index (κ1) is 22.2. The Morgan fingerprint density at radius 2 is 1.12 bits per heavy atom. The summed E-state index contributed by atoms with van der Waals surface area (Å²) in [5.41, 5.74) is -1.36. The first-order chi connectivity index (χ1) is 16.0. The van der Waals surface area contributed by atoms with Crippen LogP contribution in [-0.2, 0) is 15.7 Å². The standard InChI is InChI=1S/C18H15S.C11H16O3/c1-4-10-16(11-5-1)19(17-12-6-2-7-13-17)18-14-8-3-9-15-18;12-9(13)10-2-7-1-8(3-10)5-11(14,4-7)6-10/h1-15H;7-8,14H,1-6H2,(H,12,13)/q+1;/p-1. The molecule has 0 heterocycles. The highest BCUT2D eigenvalue weighted by Crippen LogP contribution is 2.61. The number of hydrogen-bond acceptors (Lipinski definition) is 3. The predicted octanol–water partition coefficient (Wildman–Crippen LogP) is 4.85. The molecule has 2 unspecified atom stereocenters. The second-order valence-corrected chi connectivity index (χ2v) is 12.0. The fourth-order valence-electron chi connectivity index (χ4n) is 6.53. The lowest BCUT2D eigenvalue weighted by atomic mass is 9.48. The Hall–Kier alpha value is -2.56. The van der Waals surface area contributed by atoms with Gasteiger partial charge in [-0.25, -0.2) is 0 Å². The highest BCUT2D eigenvalue weighted by atomic mass is 32.2. The quantitative estimate of drug-likeness (QED) is 0.569. The number of aliphatic hydroxyl groups is 1. The molecule has 4 aliphatic carbocycles. The zero-order valence-corrected chi connectivity index (χ0v) is 19.5. The van der Waals surface area contributed by atoms with Gasteiger partial charge in [-0.3, -0.25) is 0 Å². The Morgan fingerprint density at radius 1 is 0.727 bits per heavy atom. The number of hydrogen-bond donors (Lipinski definition) is 1. The van der Waals surface area contributed by atoms with Crippen LogP contribution in [0.2, 0.25) is 0 Å².